The highest BCUT2D eigenvalue weighted by Gasteiger charge is 2.48. The third-order valence-electron chi connectivity index (χ3n) is 5.12. The average Bonchev–Trinajstić information content (AvgIpc) is 3.00. The minimum absolute atomic E-state index is 0.0331. The van der Waals surface area contributed by atoms with E-state index in [1.165, 1.54) is 9.96 Å². The molecule has 12 heteroatoms. The summed E-state index contributed by atoms with van der Waals surface area (Å²) in [5, 5.41) is 5.78. The Morgan fingerprint density at radius 1 is 1.12 bits per heavy atom. The van der Waals surface area contributed by atoms with Crippen LogP contribution < -0.4 is 16.1 Å². The summed E-state index contributed by atoms with van der Waals surface area (Å²) in [4.78, 5) is 60.8. The Bertz CT molecular complexity index is 889. The van der Waals surface area contributed by atoms with Crippen LogP contribution in [-0.4, -0.2) is 71.4 Å². The summed E-state index contributed by atoms with van der Waals surface area (Å²) in [5.74, 6) is -0.449. The Kier molecular flexibility index (Phi) is 8.29. The van der Waals surface area contributed by atoms with Crippen molar-refractivity contribution in [2.24, 2.45) is 0 Å². The van der Waals surface area contributed by atoms with Crippen LogP contribution in [0.3, 0.4) is 0 Å². The van der Waals surface area contributed by atoms with Crippen LogP contribution in [0.2, 0.25) is 0 Å². The molecule has 0 aliphatic carbocycles. The molecule has 2 atom stereocenters. The molecule has 3 rings (SSSR count). The van der Waals surface area contributed by atoms with Crippen LogP contribution in [0.4, 0.5) is 14.4 Å². The Morgan fingerprint density at radius 2 is 1.85 bits per heavy atom. The summed E-state index contributed by atoms with van der Waals surface area (Å²) in [5.41, 5.74) is 2.54. The number of carbonyl (C=O) groups is 4. The Hall–Kier alpha value is -3.38. The molecule has 0 radical (unpaired) electrons. The topological polar surface area (TPSA) is 139 Å². The minimum Gasteiger partial charge on any atom is -0.443 e. The molecule has 0 saturated carbocycles. The van der Waals surface area contributed by atoms with E-state index in [2.05, 4.69) is 10.8 Å². The van der Waals surface area contributed by atoms with E-state index in [4.69, 9.17) is 14.4 Å². The van der Waals surface area contributed by atoms with Crippen molar-refractivity contribution in [3.05, 3.63) is 35.9 Å². The van der Waals surface area contributed by atoms with E-state index in [-0.39, 0.29) is 31.8 Å². The molecule has 2 bridgehead atoms. The first-order valence-corrected chi connectivity index (χ1v) is 11.1. The van der Waals surface area contributed by atoms with Gasteiger partial charge in [0.1, 0.15) is 18.2 Å². The van der Waals surface area contributed by atoms with Crippen molar-refractivity contribution in [1.82, 2.24) is 26.1 Å². The summed E-state index contributed by atoms with van der Waals surface area (Å²) in [6.07, 6.45) is 0.237. The van der Waals surface area contributed by atoms with E-state index >= 15 is 0 Å². The van der Waals surface area contributed by atoms with Gasteiger partial charge in [0.25, 0.3) is 5.91 Å². The molecule has 1 aromatic rings. The van der Waals surface area contributed by atoms with Crippen molar-refractivity contribution in [1.29, 1.82) is 0 Å². The lowest BCUT2D eigenvalue weighted by atomic mass is 10.0. The van der Waals surface area contributed by atoms with E-state index in [0.29, 0.717) is 19.4 Å². The molecule has 34 heavy (non-hydrogen) atoms. The first-order valence-electron chi connectivity index (χ1n) is 11.1. The van der Waals surface area contributed by atoms with Gasteiger partial charge in [0.15, 0.2) is 0 Å². The van der Waals surface area contributed by atoms with Crippen molar-refractivity contribution in [2.45, 2.75) is 57.9 Å². The molecule has 2 fully saturated rings. The molecule has 6 amide bonds. The van der Waals surface area contributed by atoms with E-state index in [1.54, 1.807) is 20.8 Å². The first kappa shape index (κ1) is 25.2. The maximum Gasteiger partial charge on any atom is 0.415 e. The van der Waals surface area contributed by atoms with E-state index in [1.807, 2.05) is 35.6 Å². The minimum atomic E-state index is -0.869. The number of piperidine rings is 1. The summed E-state index contributed by atoms with van der Waals surface area (Å²) in [6.45, 7) is 5.70. The van der Waals surface area contributed by atoms with Crippen LogP contribution in [0.1, 0.15) is 39.2 Å². The summed E-state index contributed by atoms with van der Waals surface area (Å²) in [7, 11) is 0. The van der Waals surface area contributed by atoms with E-state index in [9.17, 15) is 19.2 Å². The Labute approximate surface area is 197 Å². The highest BCUT2D eigenvalue weighted by atomic mass is 16.7. The molecule has 2 aliphatic rings. The predicted octanol–water partition coefficient (Wildman–Crippen LogP) is 1.67. The normalized spacial score (nSPS) is 19.6. The number of amides is 6. The maximum atomic E-state index is 12.8. The molecule has 186 valence electrons. The highest BCUT2D eigenvalue weighted by molar-refractivity contribution is 5.90. The lowest BCUT2D eigenvalue weighted by molar-refractivity contribution is -0.141. The highest BCUT2D eigenvalue weighted by Crippen LogP contribution is 2.30. The fourth-order valence-corrected chi connectivity index (χ4v) is 3.64. The number of ether oxygens (including phenoxy) is 1. The number of hydrogen-bond acceptors (Lipinski definition) is 7. The molecule has 3 N–H and O–H groups in total. The largest absolute Gasteiger partial charge is 0.443 e. The van der Waals surface area contributed by atoms with Gasteiger partial charge < -0.3 is 15.0 Å². The van der Waals surface area contributed by atoms with Crippen LogP contribution in [0.5, 0.6) is 0 Å². The summed E-state index contributed by atoms with van der Waals surface area (Å²) in [6, 6.07) is 7.66. The molecule has 2 aliphatic heterocycles. The molecule has 12 nitrogen and oxygen atoms in total. The van der Waals surface area contributed by atoms with Gasteiger partial charge in [-0.15, -0.1) is 0 Å². The number of urea groups is 2. The van der Waals surface area contributed by atoms with Gasteiger partial charge in [-0.05, 0) is 39.2 Å². The van der Waals surface area contributed by atoms with Crippen molar-refractivity contribution in [3.8, 4) is 0 Å². The number of hydroxylamine groups is 3. The van der Waals surface area contributed by atoms with E-state index in [0.717, 1.165) is 5.56 Å². The summed E-state index contributed by atoms with van der Waals surface area (Å²) < 4.78 is 4.97. The van der Waals surface area contributed by atoms with Gasteiger partial charge in [0.05, 0.1) is 12.6 Å². The number of nitrogens with one attached hydrogen (secondary N) is 3. The second-order valence-corrected chi connectivity index (χ2v) is 8.96. The van der Waals surface area contributed by atoms with Gasteiger partial charge >= 0.3 is 18.2 Å². The number of nitrogens with zero attached hydrogens (tertiary/aromatic N) is 2. The van der Waals surface area contributed by atoms with Gasteiger partial charge in [-0.2, -0.15) is 5.06 Å². The average molecular weight is 478 g/mol. The van der Waals surface area contributed by atoms with Gasteiger partial charge in [-0.3, -0.25) is 14.5 Å². The molecule has 0 aromatic heterocycles. The zero-order chi connectivity index (χ0) is 24.7. The number of rotatable bonds is 8. The second-order valence-electron chi connectivity index (χ2n) is 8.96. The number of imide groups is 1. The standard InChI is InChI=1S/C22H31N5O7/c1-22(2,3)34-20(30)24-19(29)23-11-12-32-25-18(28)17-10-9-16-13-26(17)21(31)27(16)33-14-15-7-5-4-6-8-15/h4-8,16-17H,9-14H2,1-3H3,(H,25,28)(H2,23,24,29,30)/t16-,17-/m0/s1. The third kappa shape index (κ3) is 7.06. The molecule has 0 unspecified atom stereocenters. The maximum absolute atomic E-state index is 12.8. The Balaban J connectivity index is 1.35. The number of fused-ring (bicyclic) bond motifs is 2. The van der Waals surface area contributed by atoms with Crippen molar-refractivity contribution >= 4 is 24.1 Å². The van der Waals surface area contributed by atoms with Crippen molar-refractivity contribution in [2.75, 3.05) is 19.7 Å². The zero-order valence-electron chi connectivity index (χ0n) is 19.5. The van der Waals surface area contributed by atoms with Crippen molar-refractivity contribution < 1.29 is 33.6 Å². The Morgan fingerprint density at radius 3 is 2.56 bits per heavy atom. The quantitative estimate of drug-likeness (QED) is 0.382. The fraction of sp³-hybridized carbons (Fsp3) is 0.545. The van der Waals surface area contributed by atoms with Crippen LogP contribution in [-0.2, 0) is 25.8 Å². The van der Waals surface area contributed by atoms with E-state index < -0.39 is 29.7 Å². The van der Waals surface area contributed by atoms with Gasteiger partial charge in [-0.25, -0.2) is 25.2 Å². The van der Waals surface area contributed by atoms with Crippen LogP contribution in [0.25, 0.3) is 0 Å². The summed E-state index contributed by atoms with van der Waals surface area (Å²) >= 11 is 0. The number of alkyl carbamates (subject to hydrolysis) is 1. The smallest absolute Gasteiger partial charge is 0.415 e. The SMILES string of the molecule is CC(C)(C)OC(=O)NC(=O)NCCONC(=O)[C@@H]1CC[C@H]2CN1C(=O)N2OCc1ccccc1. The van der Waals surface area contributed by atoms with Crippen LogP contribution in [0.15, 0.2) is 30.3 Å². The molecule has 0 spiro atoms. The fourth-order valence-electron chi connectivity index (χ4n) is 3.64. The van der Waals surface area contributed by atoms with Gasteiger partial charge in [-0.1, -0.05) is 30.3 Å². The number of carbonyl (C=O) groups excluding carboxylic acids is 4. The molecule has 2 heterocycles. The third-order valence-corrected chi connectivity index (χ3v) is 5.12. The second kappa shape index (κ2) is 11.2. The molecule has 2 saturated heterocycles. The molecular weight excluding hydrogens is 446 g/mol. The van der Waals surface area contributed by atoms with Crippen LogP contribution in [0, 0.1) is 0 Å². The first-order chi connectivity index (χ1) is 16.1. The molecule has 1 aromatic carbocycles. The lowest BCUT2D eigenvalue weighted by Crippen LogP contribution is -2.50. The number of benzene rings is 1. The molecular formula is C22H31N5O7. The predicted molar refractivity (Wildman–Crippen MR) is 119 cm³/mol. The van der Waals surface area contributed by atoms with Gasteiger partial charge in [0, 0.05) is 13.1 Å². The number of hydrogen-bond donors (Lipinski definition) is 3. The lowest BCUT2D eigenvalue weighted by Gasteiger charge is -2.28. The van der Waals surface area contributed by atoms with Gasteiger partial charge in [0.2, 0.25) is 0 Å². The monoisotopic (exact) mass is 477 g/mol. The zero-order valence-corrected chi connectivity index (χ0v) is 19.5. The van der Waals surface area contributed by atoms with Crippen molar-refractivity contribution in [3.63, 3.8) is 0 Å². The van der Waals surface area contributed by atoms with Crippen LogP contribution >= 0.6 is 0 Å².